The molecule has 1 aromatic rings. The van der Waals surface area contributed by atoms with Crippen LogP contribution in [-0.2, 0) is 4.74 Å². The molecule has 0 aliphatic carbocycles. The second-order valence-electron chi connectivity index (χ2n) is 4.15. The summed E-state index contributed by atoms with van der Waals surface area (Å²) in [5.74, 6) is -3.90. The molecule has 0 aromatic heterocycles. The third kappa shape index (κ3) is 4.17. The molecule has 0 saturated carbocycles. The number of amides is 1. The molecule has 1 atom stereocenters. The maximum Gasteiger partial charge on any atom is 0.305 e. The lowest BCUT2D eigenvalue weighted by Gasteiger charge is -2.17. The Morgan fingerprint density at radius 3 is 2.71 bits per heavy atom. The van der Waals surface area contributed by atoms with Crippen molar-refractivity contribution in [1.82, 2.24) is 5.32 Å². The van der Waals surface area contributed by atoms with Crippen LogP contribution in [0.25, 0.3) is 0 Å². The lowest BCUT2D eigenvalue weighted by atomic mass is 10.1. The minimum absolute atomic E-state index is 0.0183. The van der Waals surface area contributed by atoms with Gasteiger partial charge < -0.3 is 15.2 Å². The van der Waals surface area contributed by atoms with E-state index in [0.29, 0.717) is 12.1 Å². The van der Waals surface area contributed by atoms with Gasteiger partial charge in [-0.1, -0.05) is 0 Å². The van der Waals surface area contributed by atoms with Gasteiger partial charge >= 0.3 is 5.69 Å². The molecule has 0 radical (unpaired) electrons. The Balaban J connectivity index is 3.06. The van der Waals surface area contributed by atoms with Crippen LogP contribution in [0, 0.1) is 21.7 Å². The number of nitrogens with one attached hydrogen (secondary N) is 1. The fraction of sp³-hybridized carbons (Fsp3) is 0.417. The number of nitro groups is 1. The Kier molecular flexibility index (Phi) is 6.12. The number of rotatable bonds is 7. The molecule has 1 unspecified atom stereocenters. The van der Waals surface area contributed by atoms with Crippen molar-refractivity contribution in [2.24, 2.45) is 0 Å². The minimum atomic E-state index is -1.54. The summed E-state index contributed by atoms with van der Waals surface area (Å²) < 4.78 is 32.2. The monoisotopic (exact) mass is 304 g/mol. The number of hydrogen-bond donors (Lipinski definition) is 2. The number of aliphatic hydroxyl groups is 1. The summed E-state index contributed by atoms with van der Waals surface area (Å²) in [6.07, 6.45) is 0.109. The van der Waals surface area contributed by atoms with Gasteiger partial charge in [0.1, 0.15) is 11.4 Å². The Bertz CT molecular complexity index is 533. The van der Waals surface area contributed by atoms with E-state index in [1.807, 2.05) is 0 Å². The van der Waals surface area contributed by atoms with Gasteiger partial charge in [-0.3, -0.25) is 14.9 Å². The molecule has 0 saturated heterocycles. The van der Waals surface area contributed by atoms with Crippen LogP contribution in [0.4, 0.5) is 14.5 Å². The van der Waals surface area contributed by atoms with E-state index in [4.69, 9.17) is 9.84 Å². The minimum Gasteiger partial charge on any atom is -0.396 e. The SMILES string of the molecule is COCC(CCO)NC(=O)c1c(F)ccc([N+](=O)[O-])c1F. The van der Waals surface area contributed by atoms with E-state index >= 15 is 0 Å². The van der Waals surface area contributed by atoms with Gasteiger partial charge in [0.25, 0.3) is 5.91 Å². The predicted molar refractivity (Wildman–Crippen MR) is 67.8 cm³/mol. The number of carbonyl (C=O) groups is 1. The average Bonchev–Trinajstić information content (AvgIpc) is 2.38. The fourth-order valence-corrected chi connectivity index (χ4v) is 1.70. The zero-order valence-electron chi connectivity index (χ0n) is 11.1. The topological polar surface area (TPSA) is 102 Å². The zero-order chi connectivity index (χ0) is 16.0. The number of methoxy groups -OCH3 is 1. The average molecular weight is 304 g/mol. The Hall–Kier alpha value is -2.13. The normalized spacial score (nSPS) is 12.0. The molecule has 0 bridgehead atoms. The standard InChI is InChI=1S/C12H14F2N2O5/c1-21-6-7(4-5-17)15-12(18)10-8(13)2-3-9(11(10)14)16(19)20/h2-3,7,17H,4-6H2,1H3,(H,15,18). The summed E-state index contributed by atoms with van der Waals surface area (Å²) in [7, 11) is 1.35. The Morgan fingerprint density at radius 2 is 2.19 bits per heavy atom. The third-order valence-electron chi connectivity index (χ3n) is 2.68. The number of halogens is 2. The number of ether oxygens (including phenoxy) is 1. The smallest absolute Gasteiger partial charge is 0.305 e. The van der Waals surface area contributed by atoms with Gasteiger partial charge in [0.05, 0.1) is 17.6 Å². The molecule has 2 N–H and O–H groups in total. The number of benzene rings is 1. The molecule has 0 heterocycles. The first-order valence-electron chi connectivity index (χ1n) is 5.95. The van der Waals surface area contributed by atoms with Crippen molar-refractivity contribution in [3.63, 3.8) is 0 Å². The maximum absolute atomic E-state index is 13.8. The third-order valence-corrected chi connectivity index (χ3v) is 2.68. The van der Waals surface area contributed by atoms with E-state index in [9.17, 15) is 23.7 Å². The summed E-state index contributed by atoms with van der Waals surface area (Å²) in [5.41, 5.74) is -2.03. The van der Waals surface area contributed by atoms with E-state index in [2.05, 4.69) is 5.32 Å². The molecular formula is C12H14F2N2O5. The first-order valence-corrected chi connectivity index (χ1v) is 5.95. The molecule has 1 rings (SSSR count). The Morgan fingerprint density at radius 1 is 1.52 bits per heavy atom. The van der Waals surface area contributed by atoms with E-state index in [1.165, 1.54) is 7.11 Å². The highest BCUT2D eigenvalue weighted by Gasteiger charge is 2.27. The molecule has 0 aliphatic rings. The molecule has 9 heteroatoms. The molecular weight excluding hydrogens is 290 g/mol. The summed E-state index contributed by atoms with van der Waals surface area (Å²) >= 11 is 0. The summed E-state index contributed by atoms with van der Waals surface area (Å²) in [5, 5.41) is 21.7. The number of carbonyl (C=O) groups excluding carboxylic acids is 1. The van der Waals surface area contributed by atoms with Crippen LogP contribution in [-0.4, -0.2) is 42.3 Å². The van der Waals surface area contributed by atoms with Crippen molar-refractivity contribution in [1.29, 1.82) is 0 Å². The van der Waals surface area contributed by atoms with E-state index in [0.717, 1.165) is 0 Å². The molecule has 7 nitrogen and oxygen atoms in total. The molecule has 21 heavy (non-hydrogen) atoms. The second-order valence-corrected chi connectivity index (χ2v) is 4.15. The number of aliphatic hydroxyl groups excluding tert-OH is 1. The van der Waals surface area contributed by atoms with Crippen LogP contribution in [0.3, 0.4) is 0 Å². The molecule has 0 aliphatic heterocycles. The van der Waals surface area contributed by atoms with Crippen LogP contribution in [0.15, 0.2) is 12.1 Å². The highest BCUT2D eigenvalue weighted by Crippen LogP contribution is 2.23. The molecule has 0 spiro atoms. The van der Waals surface area contributed by atoms with E-state index < -0.39 is 39.8 Å². The van der Waals surface area contributed by atoms with Crippen molar-refractivity contribution in [3.05, 3.63) is 39.4 Å². The van der Waals surface area contributed by atoms with Gasteiger partial charge in [-0.15, -0.1) is 0 Å². The van der Waals surface area contributed by atoms with Crippen molar-refractivity contribution < 1.29 is 28.3 Å². The van der Waals surface area contributed by atoms with Crippen molar-refractivity contribution in [3.8, 4) is 0 Å². The summed E-state index contributed by atoms with van der Waals surface area (Å²) in [4.78, 5) is 21.4. The predicted octanol–water partition coefficient (Wildman–Crippen LogP) is 1.00. The van der Waals surface area contributed by atoms with Gasteiger partial charge in [0.15, 0.2) is 0 Å². The van der Waals surface area contributed by atoms with Gasteiger partial charge in [-0.05, 0) is 12.5 Å². The van der Waals surface area contributed by atoms with Crippen LogP contribution in [0.5, 0.6) is 0 Å². The molecule has 0 fully saturated rings. The second kappa shape index (κ2) is 7.60. The summed E-state index contributed by atoms with van der Waals surface area (Å²) in [6.45, 7) is -0.251. The zero-order valence-corrected chi connectivity index (χ0v) is 11.1. The Labute approximate surface area is 118 Å². The van der Waals surface area contributed by atoms with Crippen LogP contribution in [0.1, 0.15) is 16.8 Å². The van der Waals surface area contributed by atoms with Crippen molar-refractivity contribution in [2.45, 2.75) is 12.5 Å². The van der Waals surface area contributed by atoms with Crippen LogP contribution < -0.4 is 5.32 Å². The van der Waals surface area contributed by atoms with Crippen molar-refractivity contribution in [2.75, 3.05) is 20.3 Å². The largest absolute Gasteiger partial charge is 0.396 e. The number of nitrogens with zero attached hydrogens (tertiary/aromatic N) is 1. The molecule has 1 aromatic carbocycles. The van der Waals surface area contributed by atoms with E-state index in [1.54, 1.807) is 0 Å². The van der Waals surface area contributed by atoms with Crippen LogP contribution in [0.2, 0.25) is 0 Å². The highest BCUT2D eigenvalue weighted by molar-refractivity contribution is 5.95. The quantitative estimate of drug-likeness (QED) is 0.578. The lowest BCUT2D eigenvalue weighted by Crippen LogP contribution is -2.39. The summed E-state index contributed by atoms with van der Waals surface area (Å²) in [6, 6.07) is 0.612. The van der Waals surface area contributed by atoms with Gasteiger partial charge in [-0.2, -0.15) is 4.39 Å². The fourth-order valence-electron chi connectivity index (χ4n) is 1.70. The molecule has 116 valence electrons. The molecule has 1 amide bonds. The number of nitro benzene ring substituents is 1. The van der Waals surface area contributed by atoms with Gasteiger partial charge in [-0.25, -0.2) is 4.39 Å². The maximum atomic E-state index is 13.8. The number of hydrogen-bond acceptors (Lipinski definition) is 5. The first-order chi connectivity index (χ1) is 9.92. The van der Waals surface area contributed by atoms with E-state index in [-0.39, 0.29) is 19.6 Å². The van der Waals surface area contributed by atoms with Crippen molar-refractivity contribution >= 4 is 11.6 Å². The van der Waals surface area contributed by atoms with Gasteiger partial charge in [0, 0.05) is 19.8 Å². The van der Waals surface area contributed by atoms with Gasteiger partial charge in [0.2, 0.25) is 5.82 Å². The van der Waals surface area contributed by atoms with Crippen LogP contribution >= 0.6 is 0 Å². The highest BCUT2D eigenvalue weighted by atomic mass is 19.1. The lowest BCUT2D eigenvalue weighted by molar-refractivity contribution is -0.387. The first kappa shape index (κ1) is 16.9.